The van der Waals surface area contributed by atoms with Gasteiger partial charge in [0.2, 0.25) is 11.7 Å². The quantitative estimate of drug-likeness (QED) is 0.603. The molecule has 1 aromatic carbocycles. The Bertz CT molecular complexity index is 852. The summed E-state index contributed by atoms with van der Waals surface area (Å²) in [7, 11) is 0. The van der Waals surface area contributed by atoms with Crippen molar-refractivity contribution in [2.75, 3.05) is 6.54 Å². The summed E-state index contributed by atoms with van der Waals surface area (Å²) in [4.78, 5) is 48.1. The minimum atomic E-state index is -1.25. The number of hydrogen-bond acceptors (Lipinski definition) is 7. The van der Waals surface area contributed by atoms with Crippen LogP contribution in [-0.4, -0.2) is 41.4 Å². The Hall–Kier alpha value is -3.69. The molecule has 0 aliphatic carbocycles. The molecule has 1 aliphatic heterocycles. The number of ketones is 1. The summed E-state index contributed by atoms with van der Waals surface area (Å²) in [5.74, 6) is -2.21. The van der Waals surface area contributed by atoms with Crippen LogP contribution in [-0.2, 0) is 25.7 Å². The van der Waals surface area contributed by atoms with Crippen molar-refractivity contribution in [1.82, 2.24) is 21.1 Å². The van der Waals surface area contributed by atoms with Crippen molar-refractivity contribution >= 4 is 23.7 Å². The van der Waals surface area contributed by atoms with Crippen LogP contribution in [0.2, 0.25) is 0 Å². The number of aromatic nitrogens is 1. The predicted octanol–water partition coefficient (Wildman–Crippen LogP) is 0.216. The highest BCUT2D eigenvalue weighted by atomic mass is 16.5. The summed E-state index contributed by atoms with van der Waals surface area (Å²) in [6.07, 6.45) is 0.645. The number of carbonyl (C=O) groups is 4. The zero-order valence-electron chi connectivity index (χ0n) is 14.7. The van der Waals surface area contributed by atoms with E-state index in [4.69, 9.17) is 9.26 Å². The van der Waals surface area contributed by atoms with Gasteiger partial charge in [-0.3, -0.25) is 14.4 Å². The maximum Gasteiger partial charge on any atom is 0.408 e. The van der Waals surface area contributed by atoms with Crippen molar-refractivity contribution < 1.29 is 28.4 Å². The van der Waals surface area contributed by atoms with Crippen LogP contribution in [0, 0.1) is 0 Å². The molecule has 10 heteroatoms. The SMILES string of the molecule is O=C(NC(C(=O)NC1CCNC(=O)C1=O)c1ccon1)OCc1ccccc1. The van der Waals surface area contributed by atoms with E-state index in [1.807, 2.05) is 6.07 Å². The van der Waals surface area contributed by atoms with Gasteiger partial charge in [0.15, 0.2) is 6.04 Å². The van der Waals surface area contributed by atoms with Crippen molar-refractivity contribution in [1.29, 1.82) is 0 Å². The molecule has 3 rings (SSSR count). The highest BCUT2D eigenvalue weighted by molar-refractivity contribution is 6.39. The Morgan fingerprint density at radius 1 is 1.25 bits per heavy atom. The highest BCUT2D eigenvalue weighted by Crippen LogP contribution is 2.13. The normalized spacial score (nSPS) is 17.4. The molecular weight excluding hydrogens is 368 g/mol. The Labute approximate surface area is 159 Å². The third-order valence-electron chi connectivity index (χ3n) is 4.07. The fourth-order valence-corrected chi connectivity index (χ4v) is 2.63. The van der Waals surface area contributed by atoms with Crippen LogP contribution in [0.15, 0.2) is 47.2 Å². The van der Waals surface area contributed by atoms with E-state index < -0.39 is 35.8 Å². The summed E-state index contributed by atoms with van der Waals surface area (Å²) in [5, 5.41) is 10.9. The van der Waals surface area contributed by atoms with Crippen LogP contribution in [0.25, 0.3) is 0 Å². The lowest BCUT2D eigenvalue weighted by Gasteiger charge is -2.24. The van der Waals surface area contributed by atoms with Gasteiger partial charge in [-0.1, -0.05) is 35.5 Å². The van der Waals surface area contributed by atoms with Crippen molar-refractivity contribution in [3.63, 3.8) is 0 Å². The molecule has 2 heterocycles. The number of piperidine rings is 1. The number of nitrogens with zero attached hydrogens (tertiary/aromatic N) is 1. The largest absolute Gasteiger partial charge is 0.445 e. The van der Waals surface area contributed by atoms with Crippen molar-refractivity contribution in [2.24, 2.45) is 0 Å². The van der Waals surface area contributed by atoms with Crippen LogP contribution in [0.4, 0.5) is 4.79 Å². The number of alkyl carbamates (subject to hydrolysis) is 1. The fourth-order valence-electron chi connectivity index (χ4n) is 2.63. The molecule has 1 fully saturated rings. The molecular formula is C18H18N4O6. The first-order valence-electron chi connectivity index (χ1n) is 8.54. The number of benzene rings is 1. The lowest BCUT2D eigenvalue weighted by Crippen LogP contribution is -2.55. The molecule has 1 saturated heterocycles. The minimum absolute atomic E-state index is 0.0150. The zero-order chi connectivity index (χ0) is 19.9. The summed E-state index contributed by atoms with van der Waals surface area (Å²) in [6.45, 7) is 0.276. The van der Waals surface area contributed by atoms with Crippen molar-refractivity contribution in [2.45, 2.75) is 25.1 Å². The van der Waals surface area contributed by atoms with E-state index >= 15 is 0 Å². The lowest BCUT2D eigenvalue weighted by atomic mass is 10.0. The zero-order valence-corrected chi connectivity index (χ0v) is 14.7. The number of Topliss-reactive ketones (excluding diaryl/α,β-unsaturated/α-hetero) is 1. The smallest absolute Gasteiger partial charge is 0.408 e. The average Bonchev–Trinajstić information content (AvgIpc) is 3.23. The molecule has 1 aliphatic rings. The number of hydrogen-bond donors (Lipinski definition) is 3. The first-order chi connectivity index (χ1) is 13.5. The van der Waals surface area contributed by atoms with Crippen LogP contribution < -0.4 is 16.0 Å². The van der Waals surface area contributed by atoms with Gasteiger partial charge >= 0.3 is 6.09 Å². The molecule has 1 aromatic heterocycles. The van der Waals surface area contributed by atoms with E-state index in [1.54, 1.807) is 24.3 Å². The van der Waals surface area contributed by atoms with E-state index in [0.29, 0.717) is 0 Å². The van der Waals surface area contributed by atoms with Crippen LogP contribution in [0.3, 0.4) is 0 Å². The van der Waals surface area contributed by atoms with Crippen LogP contribution >= 0.6 is 0 Å². The topological polar surface area (TPSA) is 140 Å². The minimum Gasteiger partial charge on any atom is -0.445 e. The molecule has 28 heavy (non-hydrogen) atoms. The monoisotopic (exact) mass is 386 g/mol. The van der Waals surface area contributed by atoms with Crippen LogP contribution in [0.1, 0.15) is 23.7 Å². The molecule has 10 nitrogen and oxygen atoms in total. The summed E-state index contributed by atoms with van der Waals surface area (Å²) < 4.78 is 9.85. The standard InChI is InChI=1S/C18H18N4O6/c23-15-13(6-8-19-17(15)25)20-16(24)14(12-7-9-28-22-12)21-18(26)27-10-11-4-2-1-3-5-11/h1-5,7,9,13-14H,6,8,10H2,(H,19,25)(H,20,24)(H,21,26). The maximum absolute atomic E-state index is 12.6. The number of carbonyl (C=O) groups excluding carboxylic acids is 4. The third-order valence-corrected chi connectivity index (χ3v) is 4.07. The Balaban J connectivity index is 1.64. The van der Waals surface area contributed by atoms with Gasteiger partial charge in [-0.2, -0.15) is 0 Å². The lowest BCUT2D eigenvalue weighted by molar-refractivity contribution is -0.141. The van der Waals surface area contributed by atoms with E-state index in [9.17, 15) is 19.2 Å². The molecule has 0 saturated carbocycles. The molecule has 0 spiro atoms. The Morgan fingerprint density at radius 2 is 2.04 bits per heavy atom. The van der Waals surface area contributed by atoms with Gasteiger partial charge in [-0.05, 0) is 12.0 Å². The molecule has 0 radical (unpaired) electrons. The Kier molecular flexibility index (Phi) is 6.00. The molecule has 146 valence electrons. The van der Waals surface area contributed by atoms with Gasteiger partial charge in [0, 0.05) is 12.6 Å². The second-order valence-electron chi connectivity index (χ2n) is 6.03. The van der Waals surface area contributed by atoms with Gasteiger partial charge in [0.1, 0.15) is 18.6 Å². The molecule has 0 bridgehead atoms. The predicted molar refractivity (Wildman–Crippen MR) is 93.6 cm³/mol. The highest BCUT2D eigenvalue weighted by Gasteiger charge is 2.34. The van der Waals surface area contributed by atoms with E-state index in [1.165, 1.54) is 12.3 Å². The first-order valence-corrected chi connectivity index (χ1v) is 8.54. The number of amides is 3. The van der Waals surface area contributed by atoms with E-state index in [2.05, 4.69) is 21.1 Å². The second-order valence-corrected chi connectivity index (χ2v) is 6.03. The van der Waals surface area contributed by atoms with E-state index in [-0.39, 0.29) is 25.3 Å². The van der Waals surface area contributed by atoms with E-state index in [0.717, 1.165) is 5.56 Å². The molecule has 2 atom stereocenters. The maximum atomic E-state index is 12.6. The molecule has 2 aromatic rings. The summed E-state index contributed by atoms with van der Waals surface area (Å²) in [5.41, 5.74) is 0.903. The first kappa shape index (κ1) is 19.1. The van der Waals surface area contributed by atoms with Gasteiger partial charge < -0.3 is 25.2 Å². The van der Waals surface area contributed by atoms with Crippen molar-refractivity contribution in [3.8, 4) is 0 Å². The van der Waals surface area contributed by atoms with Gasteiger partial charge in [-0.25, -0.2) is 4.79 Å². The second kappa shape index (κ2) is 8.80. The fraction of sp³-hybridized carbons (Fsp3) is 0.278. The summed E-state index contributed by atoms with van der Waals surface area (Å²) >= 11 is 0. The molecule has 3 amide bonds. The third kappa shape index (κ3) is 4.72. The molecule has 3 N–H and O–H groups in total. The van der Waals surface area contributed by atoms with Crippen LogP contribution in [0.5, 0.6) is 0 Å². The number of nitrogens with one attached hydrogen (secondary N) is 3. The summed E-state index contributed by atoms with van der Waals surface area (Å²) in [6, 6.07) is 8.19. The number of ether oxygens (including phenoxy) is 1. The van der Waals surface area contributed by atoms with Gasteiger partial charge in [0.25, 0.3) is 5.91 Å². The Morgan fingerprint density at radius 3 is 2.75 bits per heavy atom. The average molecular weight is 386 g/mol. The number of rotatable bonds is 6. The van der Waals surface area contributed by atoms with Gasteiger partial charge in [-0.15, -0.1) is 0 Å². The van der Waals surface area contributed by atoms with Crippen molar-refractivity contribution in [3.05, 3.63) is 53.9 Å². The molecule has 2 unspecified atom stereocenters. The van der Waals surface area contributed by atoms with Gasteiger partial charge in [0.05, 0.1) is 6.04 Å².